The largest absolute Gasteiger partial charge is 0.480 e. The third-order valence-corrected chi connectivity index (χ3v) is 2.28. The first kappa shape index (κ1) is 15.1. The van der Waals surface area contributed by atoms with Gasteiger partial charge < -0.3 is 10.0 Å². The Labute approximate surface area is 112 Å². The molecule has 1 aromatic rings. The number of carboxylic acids is 1. The molecular formula is C12H9FN2O5. The number of carbonyl (C=O) groups is 2. The standard InChI is InChI=1S/C12H9FN2O5/c1-2-5-14(7-11(16)17)12(18)9-6-8(13)3-4-10(9)15(19)20/h1,3-4,6H,5,7H2,(H,16,17). The maximum Gasteiger partial charge on any atom is 0.323 e. The maximum atomic E-state index is 13.1. The van der Waals surface area contributed by atoms with E-state index in [1.807, 2.05) is 0 Å². The van der Waals surface area contributed by atoms with Crippen molar-refractivity contribution in [1.82, 2.24) is 4.90 Å². The number of carbonyl (C=O) groups excluding carboxylic acids is 1. The molecule has 0 aliphatic rings. The van der Waals surface area contributed by atoms with E-state index in [1.54, 1.807) is 0 Å². The van der Waals surface area contributed by atoms with Crippen molar-refractivity contribution in [2.45, 2.75) is 0 Å². The summed E-state index contributed by atoms with van der Waals surface area (Å²) in [6.07, 6.45) is 5.00. The Balaban J connectivity index is 3.23. The fourth-order valence-corrected chi connectivity index (χ4v) is 1.48. The Hall–Kier alpha value is -2.95. The molecule has 7 nitrogen and oxygen atoms in total. The van der Waals surface area contributed by atoms with Crippen LogP contribution in [0.5, 0.6) is 0 Å². The molecule has 1 amide bonds. The molecule has 1 N–H and O–H groups in total. The summed E-state index contributed by atoms with van der Waals surface area (Å²) in [6, 6.07) is 2.33. The van der Waals surface area contributed by atoms with Gasteiger partial charge in [-0.05, 0) is 12.1 Å². The SMILES string of the molecule is C#CCN(CC(=O)O)C(=O)c1cc(F)ccc1[N+](=O)[O-]. The van der Waals surface area contributed by atoms with Gasteiger partial charge in [0.1, 0.15) is 17.9 Å². The van der Waals surface area contributed by atoms with E-state index in [0.29, 0.717) is 11.0 Å². The predicted octanol–water partition coefficient (Wildman–Crippen LogP) is 0.894. The van der Waals surface area contributed by atoms with Crippen LogP contribution in [0.15, 0.2) is 18.2 Å². The first-order chi connectivity index (χ1) is 9.36. The average molecular weight is 280 g/mol. The normalized spacial score (nSPS) is 9.60. The molecule has 0 spiro atoms. The number of nitrogens with zero attached hydrogens (tertiary/aromatic N) is 2. The Morgan fingerprint density at radius 2 is 2.15 bits per heavy atom. The molecule has 8 heteroatoms. The number of nitro benzene ring substituents is 1. The van der Waals surface area contributed by atoms with Gasteiger partial charge in [0.2, 0.25) is 0 Å². The van der Waals surface area contributed by atoms with Crippen LogP contribution >= 0.6 is 0 Å². The van der Waals surface area contributed by atoms with Crippen LogP contribution in [0.2, 0.25) is 0 Å². The highest BCUT2D eigenvalue weighted by Crippen LogP contribution is 2.21. The fourth-order valence-electron chi connectivity index (χ4n) is 1.48. The van der Waals surface area contributed by atoms with E-state index in [-0.39, 0.29) is 6.54 Å². The van der Waals surface area contributed by atoms with Crippen molar-refractivity contribution in [3.63, 3.8) is 0 Å². The average Bonchev–Trinajstić information content (AvgIpc) is 2.36. The molecule has 0 aliphatic heterocycles. The summed E-state index contributed by atoms with van der Waals surface area (Å²) in [5.41, 5.74) is -1.17. The lowest BCUT2D eigenvalue weighted by molar-refractivity contribution is -0.385. The van der Waals surface area contributed by atoms with Gasteiger partial charge >= 0.3 is 5.97 Å². The summed E-state index contributed by atoms with van der Waals surface area (Å²) < 4.78 is 13.1. The minimum absolute atomic E-state index is 0.362. The maximum absolute atomic E-state index is 13.1. The second-order valence-electron chi connectivity index (χ2n) is 3.68. The van der Waals surface area contributed by atoms with Gasteiger partial charge in [0.25, 0.3) is 11.6 Å². The van der Waals surface area contributed by atoms with E-state index < -0.39 is 40.4 Å². The van der Waals surface area contributed by atoms with Crippen molar-refractivity contribution in [3.8, 4) is 12.3 Å². The highest BCUT2D eigenvalue weighted by atomic mass is 19.1. The number of hydrogen-bond donors (Lipinski definition) is 1. The molecule has 104 valence electrons. The van der Waals surface area contributed by atoms with Gasteiger partial charge in [0.05, 0.1) is 11.5 Å². The van der Waals surface area contributed by atoms with E-state index in [1.165, 1.54) is 0 Å². The first-order valence-corrected chi connectivity index (χ1v) is 5.25. The minimum Gasteiger partial charge on any atom is -0.480 e. The molecule has 20 heavy (non-hydrogen) atoms. The van der Waals surface area contributed by atoms with Gasteiger partial charge in [0.15, 0.2) is 0 Å². The van der Waals surface area contributed by atoms with Crippen LogP contribution in [0.25, 0.3) is 0 Å². The number of aliphatic carboxylic acids is 1. The van der Waals surface area contributed by atoms with Gasteiger partial charge in [-0.3, -0.25) is 19.7 Å². The molecule has 0 fully saturated rings. The molecule has 0 unspecified atom stereocenters. The van der Waals surface area contributed by atoms with Crippen LogP contribution < -0.4 is 0 Å². The summed E-state index contributed by atoms with van der Waals surface area (Å²) in [5, 5.41) is 19.5. The molecule has 1 aromatic carbocycles. The Morgan fingerprint density at radius 1 is 1.50 bits per heavy atom. The Kier molecular flexibility index (Phi) is 4.75. The van der Waals surface area contributed by atoms with Crippen LogP contribution in [0.3, 0.4) is 0 Å². The van der Waals surface area contributed by atoms with Gasteiger partial charge in [0, 0.05) is 6.07 Å². The van der Waals surface area contributed by atoms with E-state index >= 15 is 0 Å². The lowest BCUT2D eigenvalue weighted by atomic mass is 10.1. The second-order valence-corrected chi connectivity index (χ2v) is 3.68. The van der Waals surface area contributed by atoms with Gasteiger partial charge in [-0.1, -0.05) is 5.92 Å². The minimum atomic E-state index is -1.34. The molecule has 0 atom stereocenters. The molecule has 0 saturated heterocycles. The van der Waals surface area contributed by atoms with Crippen molar-refractivity contribution in [3.05, 3.63) is 39.7 Å². The zero-order chi connectivity index (χ0) is 15.3. The summed E-state index contributed by atoms with van der Waals surface area (Å²) in [5.74, 6) is -1.14. The number of nitro groups is 1. The third-order valence-electron chi connectivity index (χ3n) is 2.28. The van der Waals surface area contributed by atoms with Gasteiger partial charge in [-0.15, -0.1) is 6.42 Å². The van der Waals surface area contributed by atoms with Gasteiger partial charge in [-0.2, -0.15) is 0 Å². The van der Waals surface area contributed by atoms with Crippen molar-refractivity contribution < 1.29 is 24.0 Å². The Bertz CT molecular complexity index is 608. The van der Waals surface area contributed by atoms with Crippen LogP contribution in [-0.2, 0) is 4.79 Å². The third kappa shape index (κ3) is 3.52. The number of hydrogen-bond acceptors (Lipinski definition) is 4. The first-order valence-electron chi connectivity index (χ1n) is 5.25. The highest BCUT2D eigenvalue weighted by molar-refractivity contribution is 5.99. The molecule has 0 radical (unpaired) electrons. The smallest absolute Gasteiger partial charge is 0.323 e. The molecule has 0 bridgehead atoms. The summed E-state index contributed by atoms with van der Waals surface area (Å²) >= 11 is 0. The van der Waals surface area contributed by atoms with Crippen molar-refractivity contribution in [1.29, 1.82) is 0 Å². The van der Waals surface area contributed by atoms with E-state index in [2.05, 4.69) is 5.92 Å². The number of carboxylic acid groups (broad SMARTS) is 1. The van der Waals surface area contributed by atoms with Crippen molar-refractivity contribution in [2.75, 3.05) is 13.1 Å². The van der Waals surface area contributed by atoms with E-state index in [4.69, 9.17) is 11.5 Å². The van der Waals surface area contributed by atoms with Crippen LogP contribution in [-0.4, -0.2) is 39.9 Å². The highest BCUT2D eigenvalue weighted by Gasteiger charge is 2.26. The molecule has 0 saturated carbocycles. The van der Waals surface area contributed by atoms with Crippen LogP contribution in [0.1, 0.15) is 10.4 Å². The number of terminal acetylenes is 1. The summed E-state index contributed by atoms with van der Waals surface area (Å²) in [6.45, 7) is -1.10. The van der Waals surface area contributed by atoms with Crippen molar-refractivity contribution >= 4 is 17.6 Å². The van der Waals surface area contributed by atoms with Crippen LogP contribution in [0.4, 0.5) is 10.1 Å². The lowest BCUT2D eigenvalue weighted by Gasteiger charge is -2.17. The monoisotopic (exact) mass is 280 g/mol. The second kappa shape index (κ2) is 6.29. The van der Waals surface area contributed by atoms with E-state index in [9.17, 15) is 24.1 Å². The van der Waals surface area contributed by atoms with Crippen LogP contribution in [0, 0.1) is 28.3 Å². The topological polar surface area (TPSA) is 101 Å². The molecular weight excluding hydrogens is 271 g/mol. The molecule has 0 heterocycles. The van der Waals surface area contributed by atoms with Gasteiger partial charge in [-0.25, -0.2) is 4.39 Å². The molecule has 0 aromatic heterocycles. The number of benzene rings is 1. The number of amides is 1. The van der Waals surface area contributed by atoms with E-state index in [0.717, 1.165) is 12.1 Å². The predicted molar refractivity (Wildman–Crippen MR) is 65.4 cm³/mol. The fraction of sp³-hybridized carbons (Fsp3) is 0.167. The number of halogens is 1. The molecule has 0 aliphatic carbocycles. The molecule has 1 rings (SSSR count). The van der Waals surface area contributed by atoms with Crippen molar-refractivity contribution in [2.24, 2.45) is 0 Å². The zero-order valence-electron chi connectivity index (χ0n) is 10.1. The summed E-state index contributed by atoms with van der Waals surface area (Å²) in [7, 11) is 0. The Morgan fingerprint density at radius 3 is 2.65 bits per heavy atom. The zero-order valence-corrected chi connectivity index (χ0v) is 10.1. The lowest BCUT2D eigenvalue weighted by Crippen LogP contribution is -2.36. The number of rotatable bonds is 5. The summed E-state index contributed by atoms with van der Waals surface area (Å²) in [4.78, 5) is 33.3. The quantitative estimate of drug-likeness (QED) is 0.490.